The second kappa shape index (κ2) is 11.4. The number of carbonyl (C=O) groups is 1. The summed E-state index contributed by atoms with van der Waals surface area (Å²) in [6.07, 6.45) is 1.50. The van der Waals surface area contributed by atoms with Gasteiger partial charge >= 0.3 is 0 Å². The quantitative estimate of drug-likeness (QED) is 0.247. The monoisotopic (exact) mass is 587 g/mol. The molecule has 4 heterocycles. The van der Waals surface area contributed by atoms with E-state index in [1.165, 1.54) is 17.3 Å². The van der Waals surface area contributed by atoms with Crippen LogP contribution in [-0.4, -0.2) is 43.0 Å². The Balaban J connectivity index is 1.38. The van der Waals surface area contributed by atoms with Crippen molar-refractivity contribution in [1.82, 2.24) is 24.5 Å². The Kier molecular flexibility index (Phi) is 7.72. The largest absolute Gasteiger partial charge is 0.372 e. The van der Waals surface area contributed by atoms with Crippen LogP contribution in [-0.2, 0) is 29.0 Å². The Morgan fingerprint density at radius 2 is 1.95 bits per heavy atom. The highest BCUT2D eigenvalue weighted by Crippen LogP contribution is 2.37. The summed E-state index contributed by atoms with van der Waals surface area (Å²) in [5, 5.41) is 13.3. The van der Waals surface area contributed by atoms with E-state index in [0.29, 0.717) is 35.3 Å². The molecule has 1 N–H and O–H groups in total. The van der Waals surface area contributed by atoms with Crippen molar-refractivity contribution >= 4 is 45.0 Å². The average Bonchev–Trinajstić information content (AvgIpc) is 3.54. The van der Waals surface area contributed by atoms with Crippen molar-refractivity contribution in [3.8, 4) is 5.69 Å². The molecular weight excluding hydrogens is 555 g/mol. The number of aryl methyl sites for hydroxylation is 1. The van der Waals surface area contributed by atoms with Gasteiger partial charge in [-0.1, -0.05) is 68.1 Å². The Bertz CT molecular complexity index is 1790. The Morgan fingerprint density at radius 3 is 2.71 bits per heavy atom. The third-order valence-electron chi connectivity index (χ3n) is 7.47. The number of fused-ring (bicyclic) bond motifs is 5. The minimum absolute atomic E-state index is 0.00299. The van der Waals surface area contributed by atoms with Crippen LogP contribution in [0.15, 0.2) is 64.5 Å². The lowest BCUT2D eigenvalue weighted by Crippen LogP contribution is -2.35. The number of aromatic nitrogens is 4. The predicted octanol–water partition coefficient (Wildman–Crippen LogP) is 5.34. The molecule has 0 radical (unpaired) electrons. The molecule has 0 aliphatic carbocycles. The molecule has 2 aromatic carbocycles. The van der Waals surface area contributed by atoms with E-state index in [9.17, 15) is 9.59 Å². The maximum atomic E-state index is 14.2. The number of benzene rings is 2. The number of ether oxygens (including phenoxy) is 1. The van der Waals surface area contributed by atoms with Crippen LogP contribution in [0.3, 0.4) is 0 Å². The Labute approximate surface area is 246 Å². The van der Waals surface area contributed by atoms with Gasteiger partial charge in [-0.05, 0) is 55.0 Å². The SMILES string of the molecule is Cc1cccc(-n2c(=O)c3c4c(sc3n3c(SCC(=O)NC(C)Cc5ccccc5)nnc23)COC(C(C)C)C4)c1. The van der Waals surface area contributed by atoms with Crippen molar-refractivity contribution < 1.29 is 9.53 Å². The molecule has 0 fully saturated rings. The number of hydrogen-bond donors (Lipinski definition) is 1. The van der Waals surface area contributed by atoms with Crippen LogP contribution in [0.25, 0.3) is 21.7 Å². The van der Waals surface area contributed by atoms with Crippen LogP contribution < -0.4 is 10.9 Å². The van der Waals surface area contributed by atoms with E-state index in [1.807, 2.05) is 60.7 Å². The number of hydrogen-bond acceptors (Lipinski definition) is 7. The molecule has 1 aliphatic heterocycles. The maximum Gasteiger partial charge on any atom is 0.268 e. The molecule has 2 unspecified atom stereocenters. The first-order valence-electron chi connectivity index (χ1n) is 13.9. The van der Waals surface area contributed by atoms with Gasteiger partial charge in [-0.2, -0.15) is 0 Å². The molecule has 212 valence electrons. The maximum absolute atomic E-state index is 14.2. The zero-order valence-corrected chi connectivity index (χ0v) is 25.2. The second-order valence-corrected chi connectivity index (χ2v) is 13.1. The molecule has 5 aromatic rings. The average molecular weight is 588 g/mol. The molecule has 41 heavy (non-hydrogen) atoms. The smallest absolute Gasteiger partial charge is 0.268 e. The van der Waals surface area contributed by atoms with E-state index in [0.717, 1.165) is 32.9 Å². The van der Waals surface area contributed by atoms with Crippen LogP contribution in [0, 0.1) is 12.8 Å². The van der Waals surface area contributed by atoms with Gasteiger partial charge in [-0.25, -0.2) is 8.97 Å². The third-order valence-corrected chi connectivity index (χ3v) is 9.59. The molecule has 0 bridgehead atoms. The highest BCUT2D eigenvalue weighted by Gasteiger charge is 2.30. The van der Waals surface area contributed by atoms with E-state index >= 15 is 0 Å². The molecular formula is C31H33N5O3S2. The highest BCUT2D eigenvalue weighted by molar-refractivity contribution is 7.99. The molecule has 0 spiro atoms. The lowest BCUT2D eigenvalue weighted by molar-refractivity contribution is -0.119. The summed E-state index contributed by atoms with van der Waals surface area (Å²) in [6.45, 7) is 8.79. The van der Waals surface area contributed by atoms with Gasteiger partial charge in [0.2, 0.25) is 11.7 Å². The summed E-state index contributed by atoms with van der Waals surface area (Å²) in [5.41, 5.74) is 3.92. The number of thiophene rings is 1. The summed E-state index contributed by atoms with van der Waals surface area (Å²) in [6, 6.07) is 18.0. The number of amides is 1. The van der Waals surface area contributed by atoms with E-state index in [2.05, 4.69) is 41.5 Å². The number of rotatable bonds is 8. The molecule has 1 aliphatic rings. The van der Waals surface area contributed by atoms with E-state index in [4.69, 9.17) is 4.74 Å². The summed E-state index contributed by atoms with van der Waals surface area (Å²) in [4.78, 5) is 29.0. The first-order valence-corrected chi connectivity index (χ1v) is 15.7. The van der Waals surface area contributed by atoms with Crippen molar-refractivity contribution in [3.63, 3.8) is 0 Å². The van der Waals surface area contributed by atoms with Crippen molar-refractivity contribution in [2.45, 2.75) is 64.4 Å². The standard InChI is InChI=1S/C31H33N5O3S2/c1-18(2)24-15-23-25(16-39-24)41-29-27(23)28(38)35(22-12-8-9-19(3)13-22)30-33-34-31(36(29)30)40-17-26(37)32-20(4)14-21-10-6-5-7-11-21/h5-13,18,20,24H,14-17H2,1-4H3,(H,32,37). The van der Waals surface area contributed by atoms with Crippen LogP contribution in [0.1, 0.15) is 42.3 Å². The number of nitrogens with zero attached hydrogens (tertiary/aromatic N) is 4. The zero-order chi connectivity index (χ0) is 28.7. The topological polar surface area (TPSA) is 90.5 Å². The normalized spacial score (nSPS) is 15.9. The first-order chi connectivity index (χ1) is 19.8. The summed E-state index contributed by atoms with van der Waals surface area (Å²) < 4.78 is 9.75. The number of nitrogens with one attached hydrogen (secondary N) is 1. The predicted molar refractivity (Wildman–Crippen MR) is 164 cm³/mol. The van der Waals surface area contributed by atoms with E-state index in [-0.39, 0.29) is 29.4 Å². The fourth-order valence-corrected chi connectivity index (χ4v) is 7.47. The highest BCUT2D eigenvalue weighted by atomic mass is 32.2. The molecule has 0 saturated heterocycles. The molecule has 3 aromatic heterocycles. The summed E-state index contributed by atoms with van der Waals surface area (Å²) >= 11 is 2.89. The van der Waals surface area contributed by atoms with Crippen molar-refractivity contribution in [1.29, 1.82) is 0 Å². The molecule has 0 saturated carbocycles. The van der Waals surface area contributed by atoms with Gasteiger partial charge in [0.05, 0.1) is 29.5 Å². The molecule has 6 rings (SSSR count). The fraction of sp³-hybridized carbons (Fsp3) is 0.355. The molecule has 10 heteroatoms. The van der Waals surface area contributed by atoms with Gasteiger partial charge < -0.3 is 10.1 Å². The van der Waals surface area contributed by atoms with E-state index < -0.39 is 0 Å². The lowest BCUT2D eigenvalue weighted by atomic mass is 9.96. The van der Waals surface area contributed by atoms with Crippen molar-refractivity contribution in [3.05, 3.63) is 86.5 Å². The van der Waals surface area contributed by atoms with Gasteiger partial charge in [-0.15, -0.1) is 21.5 Å². The minimum Gasteiger partial charge on any atom is -0.372 e. The van der Waals surface area contributed by atoms with E-state index in [1.54, 1.807) is 15.9 Å². The summed E-state index contributed by atoms with van der Waals surface area (Å²) in [5.74, 6) is 0.893. The molecule has 2 atom stereocenters. The van der Waals surface area contributed by atoms with Crippen LogP contribution in [0.2, 0.25) is 0 Å². The second-order valence-electron chi connectivity index (χ2n) is 11.0. The fourth-order valence-electron chi connectivity index (χ4n) is 5.43. The van der Waals surface area contributed by atoms with Crippen LogP contribution >= 0.6 is 23.1 Å². The molecule has 1 amide bonds. The van der Waals surface area contributed by atoms with Gasteiger partial charge in [-0.3, -0.25) is 9.59 Å². The third kappa shape index (κ3) is 5.43. The van der Waals surface area contributed by atoms with Gasteiger partial charge in [0, 0.05) is 17.3 Å². The van der Waals surface area contributed by atoms with Gasteiger partial charge in [0.1, 0.15) is 4.83 Å². The van der Waals surface area contributed by atoms with Gasteiger partial charge in [0.15, 0.2) is 5.16 Å². The van der Waals surface area contributed by atoms with Crippen molar-refractivity contribution in [2.75, 3.05) is 5.75 Å². The Morgan fingerprint density at radius 1 is 1.15 bits per heavy atom. The minimum atomic E-state index is -0.101. The summed E-state index contributed by atoms with van der Waals surface area (Å²) in [7, 11) is 0. The van der Waals surface area contributed by atoms with Crippen LogP contribution in [0.4, 0.5) is 0 Å². The number of carbonyl (C=O) groups excluding carboxylic acids is 1. The van der Waals surface area contributed by atoms with Gasteiger partial charge in [0.25, 0.3) is 5.56 Å². The zero-order valence-electron chi connectivity index (χ0n) is 23.6. The first kappa shape index (κ1) is 27.7. The Hall–Kier alpha value is -3.47. The lowest BCUT2D eigenvalue weighted by Gasteiger charge is -2.26. The number of thioether (sulfide) groups is 1. The van der Waals surface area contributed by atoms with Crippen molar-refractivity contribution in [2.24, 2.45) is 5.92 Å². The molecule has 8 nitrogen and oxygen atoms in total. The van der Waals surface area contributed by atoms with Crippen LogP contribution in [0.5, 0.6) is 0 Å².